The predicted molar refractivity (Wildman–Crippen MR) is 77.2 cm³/mol. The first-order valence-electron chi connectivity index (χ1n) is 7.82. The molecular weight excluding hydrogens is 290 g/mol. The number of hydrogen-bond acceptors (Lipinski definition) is 6. The van der Waals surface area contributed by atoms with E-state index in [4.69, 9.17) is 14.2 Å². The molecule has 1 amide bonds. The minimum Gasteiger partial charge on any atom is -0.467 e. The third-order valence-electron chi connectivity index (χ3n) is 4.33. The van der Waals surface area contributed by atoms with Crippen LogP contribution in [0.15, 0.2) is 0 Å². The van der Waals surface area contributed by atoms with Crippen molar-refractivity contribution in [3.8, 4) is 0 Å². The van der Waals surface area contributed by atoms with Gasteiger partial charge in [0.1, 0.15) is 24.9 Å². The molecule has 2 saturated heterocycles. The zero-order valence-corrected chi connectivity index (χ0v) is 13.4. The highest BCUT2D eigenvalue weighted by molar-refractivity contribution is 5.79. The van der Waals surface area contributed by atoms with Gasteiger partial charge in [-0.15, -0.1) is 0 Å². The Hall–Kier alpha value is -1.18. The van der Waals surface area contributed by atoms with Gasteiger partial charge in [-0.05, 0) is 12.8 Å². The molecule has 0 bridgehead atoms. The smallest absolute Gasteiger partial charge is 0.331 e. The van der Waals surface area contributed by atoms with E-state index < -0.39 is 5.97 Å². The summed E-state index contributed by atoms with van der Waals surface area (Å²) in [6, 6.07) is -0.162. The van der Waals surface area contributed by atoms with Crippen molar-refractivity contribution in [3.05, 3.63) is 0 Å². The molecule has 2 heterocycles. The van der Waals surface area contributed by atoms with Crippen LogP contribution >= 0.6 is 0 Å². The summed E-state index contributed by atoms with van der Waals surface area (Å²) in [5.74, 6) is -0.367. The number of carbonyl (C=O) groups is 2. The number of rotatable bonds is 7. The van der Waals surface area contributed by atoms with Crippen molar-refractivity contribution in [2.45, 2.75) is 51.0 Å². The molecule has 0 saturated carbocycles. The molecular formula is C15H25NO6. The number of ether oxygens (including phenoxy) is 4. The lowest BCUT2D eigenvalue weighted by molar-refractivity contribution is -0.150. The van der Waals surface area contributed by atoms with E-state index in [0.29, 0.717) is 13.2 Å². The third kappa shape index (κ3) is 3.77. The molecule has 0 aliphatic carbocycles. The van der Waals surface area contributed by atoms with E-state index in [2.05, 4.69) is 10.1 Å². The maximum Gasteiger partial charge on any atom is 0.331 e. The van der Waals surface area contributed by atoms with Gasteiger partial charge in [0.15, 0.2) is 0 Å². The van der Waals surface area contributed by atoms with Crippen molar-refractivity contribution in [2.24, 2.45) is 5.92 Å². The van der Waals surface area contributed by atoms with Gasteiger partial charge in [0.2, 0.25) is 5.91 Å². The molecule has 0 aromatic carbocycles. The van der Waals surface area contributed by atoms with Crippen molar-refractivity contribution >= 4 is 11.9 Å². The van der Waals surface area contributed by atoms with Crippen LogP contribution in [-0.2, 0) is 28.5 Å². The fourth-order valence-corrected chi connectivity index (χ4v) is 2.92. The van der Waals surface area contributed by atoms with Crippen LogP contribution in [0.3, 0.4) is 0 Å². The average Bonchev–Trinajstić information content (AvgIpc) is 3.09. The zero-order valence-electron chi connectivity index (χ0n) is 13.4. The molecule has 126 valence electrons. The highest BCUT2D eigenvalue weighted by atomic mass is 16.6. The van der Waals surface area contributed by atoms with E-state index >= 15 is 0 Å². The van der Waals surface area contributed by atoms with E-state index in [1.165, 1.54) is 7.11 Å². The van der Waals surface area contributed by atoms with Gasteiger partial charge >= 0.3 is 5.97 Å². The third-order valence-corrected chi connectivity index (χ3v) is 4.33. The van der Waals surface area contributed by atoms with Gasteiger partial charge in [0.05, 0.1) is 26.4 Å². The first-order valence-corrected chi connectivity index (χ1v) is 7.82. The molecule has 0 spiro atoms. The van der Waals surface area contributed by atoms with Gasteiger partial charge in [0.25, 0.3) is 0 Å². The van der Waals surface area contributed by atoms with Crippen molar-refractivity contribution < 1.29 is 28.5 Å². The second kappa shape index (κ2) is 7.89. The quantitative estimate of drug-likeness (QED) is 0.679. The van der Waals surface area contributed by atoms with Crippen LogP contribution < -0.4 is 5.32 Å². The number of hydrogen-bond donors (Lipinski definition) is 1. The first-order chi connectivity index (χ1) is 10.6. The summed E-state index contributed by atoms with van der Waals surface area (Å²) in [5.41, 5.74) is 0. The molecule has 4 unspecified atom stereocenters. The van der Waals surface area contributed by atoms with E-state index in [0.717, 1.165) is 12.8 Å². The number of nitrogens with one attached hydrogen (secondary N) is 1. The second-order valence-corrected chi connectivity index (χ2v) is 5.65. The van der Waals surface area contributed by atoms with Crippen molar-refractivity contribution in [3.63, 3.8) is 0 Å². The lowest BCUT2D eigenvalue weighted by Gasteiger charge is -2.20. The molecule has 0 aromatic rings. The van der Waals surface area contributed by atoms with Crippen molar-refractivity contribution in [1.29, 1.82) is 0 Å². The van der Waals surface area contributed by atoms with Crippen LogP contribution in [0.25, 0.3) is 0 Å². The topological polar surface area (TPSA) is 83.1 Å². The molecule has 2 fully saturated rings. The van der Waals surface area contributed by atoms with Gasteiger partial charge < -0.3 is 24.3 Å². The SMILES string of the molecule is CCC(CC)C(=O)NC1COC2C(OCC(=O)OC)COC12. The Labute approximate surface area is 130 Å². The average molecular weight is 315 g/mol. The Balaban J connectivity index is 1.84. The van der Waals surface area contributed by atoms with Crippen molar-refractivity contribution in [2.75, 3.05) is 26.9 Å². The normalized spacial score (nSPS) is 30.4. The van der Waals surface area contributed by atoms with E-state index in [1.807, 2.05) is 13.8 Å². The second-order valence-electron chi connectivity index (χ2n) is 5.65. The van der Waals surface area contributed by atoms with Gasteiger partial charge in [-0.1, -0.05) is 13.8 Å². The van der Waals surface area contributed by atoms with Crippen molar-refractivity contribution in [1.82, 2.24) is 5.32 Å². The zero-order chi connectivity index (χ0) is 16.1. The lowest BCUT2D eigenvalue weighted by atomic mass is 10.0. The molecule has 22 heavy (non-hydrogen) atoms. The van der Waals surface area contributed by atoms with Crippen LogP contribution in [0.5, 0.6) is 0 Å². The maximum atomic E-state index is 12.2. The number of carbonyl (C=O) groups excluding carboxylic acids is 2. The Morgan fingerprint density at radius 2 is 1.86 bits per heavy atom. The predicted octanol–water partition coefficient (Wildman–Crippen LogP) is 0.263. The summed E-state index contributed by atoms with van der Waals surface area (Å²) in [4.78, 5) is 23.3. The summed E-state index contributed by atoms with van der Waals surface area (Å²) >= 11 is 0. The number of esters is 1. The van der Waals surface area contributed by atoms with Gasteiger partial charge in [-0.2, -0.15) is 0 Å². The largest absolute Gasteiger partial charge is 0.467 e. The van der Waals surface area contributed by atoms with Crippen LogP contribution in [-0.4, -0.2) is 63.2 Å². The summed E-state index contributed by atoms with van der Waals surface area (Å²) in [6.07, 6.45) is 0.850. The van der Waals surface area contributed by atoms with Gasteiger partial charge in [-0.3, -0.25) is 4.79 Å². The molecule has 0 aromatic heterocycles. The molecule has 7 nitrogen and oxygen atoms in total. The van der Waals surface area contributed by atoms with Crippen LogP contribution in [0.4, 0.5) is 0 Å². The Bertz CT molecular complexity index is 397. The summed E-state index contributed by atoms with van der Waals surface area (Å²) < 4.78 is 21.4. The summed E-state index contributed by atoms with van der Waals surface area (Å²) in [7, 11) is 1.31. The van der Waals surface area contributed by atoms with E-state index in [-0.39, 0.29) is 42.8 Å². The molecule has 7 heteroatoms. The molecule has 0 radical (unpaired) electrons. The Kier molecular flexibility index (Phi) is 6.16. The highest BCUT2D eigenvalue weighted by Crippen LogP contribution is 2.29. The Morgan fingerprint density at radius 3 is 2.50 bits per heavy atom. The van der Waals surface area contributed by atoms with Crippen LogP contribution in [0.1, 0.15) is 26.7 Å². The fraction of sp³-hybridized carbons (Fsp3) is 0.867. The molecule has 2 aliphatic heterocycles. The minimum absolute atomic E-state index is 0.0202. The highest BCUT2D eigenvalue weighted by Gasteiger charge is 2.49. The van der Waals surface area contributed by atoms with E-state index in [1.54, 1.807) is 0 Å². The molecule has 2 rings (SSSR count). The standard InChI is InChI=1S/C15H25NO6/c1-4-9(5-2)15(18)16-10-6-21-14-11(7-22-13(10)14)20-8-12(17)19-3/h9-11,13-14H,4-8H2,1-3H3,(H,16,18). The number of methoxy groups -OCH3 is 1. The molecule has 4 atom stereocenters. The van der Waals surface area contributed by atoms with Crippen LogP contribution in [0.2, 0.25) is 0 Å². The van der Waals surface area contributed by atoms with Gasteiger partial charge in [0, 0.05) is 5.92 Å². The molecule has 2 aliphatic rings. The number of amides is 1. The summed E-state index contributed by atoms with van der Waals surface area (Å²) in [5, 5.41) is 3.01. The first kappa shape index (κ1) is 17.2. The number of fused-ring (bicyclic) bond motifs is 1. The van der Waals surface area contributed by atoms with Gasteiger partial charge in [-0.25, -0.2) is 4.79 Å². The fourth-order valence-electron chi connectivity index (χ4n) is 2.92. The van der Waals surface area contributed by atoms with E-state index in [9.17, 15) is 9.59 Å². The Morgan fingerprint density at radius 1 is 1.18 bits per heavy atom. The van der Waals surface area contributed by atoms with Crippen LogP contribution in [0, 0.1) is 5.92 Å². The minimum atomic E-state index is -0.431. The monoisotopic (exact) mass is 315 g/mol. The molecule has 1 N–H and O–H groups in total. The summed E-state index contributed by atoms with van der Waals surface area (Å²) in [6.45, 7) is 4.64. The maximum absolute atomic E-state index is 12.2. The lowest BCUT2D eigenvalue weighted by Crippen LogP contribution is -2.46.